The van der Waals surface area contributed by atoms with E-state index in [0.717, 1.165) is 26.2 Å². The molecular weight excluding hydrogens is 310 g/mol. The fourth-order valence-electron chi connectivity index (χ4n) is 2.97. The lowest BCUT2D eigenvalue weighted by Gasteiger charge is -2.32. The number of piperazine rings is 1. The van der Waals surface area contributed by atoms with Crippen LogP contribution in [-0.2, 0) is 4.74 Å². The molecule has 3 heterocycles. The van der Waals surface area contributed by atoms with Gasteiger partial charge in [0, 0.05) is 39.0 Å². The monoisotopic (exact) mass is 335 g/mol. The Morgan fingerprint density at radius 1 is 1.38 bits per heavy atom. The second-order valence-corrected chi connectivity index (χ2v) is 6.47. The highest BCUT2D eigenvalue weighted by Crippen LogP contribution is 2.14. The molecule has 2 aliphatic rings. The number of nitrogens with one attached hydrogen (secondary N) is 1. The molecule has 2 N–H and O–H groups in total. The average Bonchev–Trinajstić information content (AvgIpc) is 2.57. The van der Waals surface area contributed by atoms with Crippen LogP contribution in [-0.4, -0.2) is 84.5 Å². The molecule has 0 unspecified atom stereocenters. The van der Waals surface area contributed by atoms with Gasteiger partial charge in [0.05, 0.1) is 30.0 Å². The van der Waals surface area contributed by atoms with Crippen molar-refractivity contribution in [1.29, 1.82) is 0 Å². The molecule has 2 saturated heterocycles. The summed E-state index contributed by atoms with van der Waals surface area (Å²) in [4.78, 5) is 25.7. The third kappa shape index (κ3) is 3.82. The largest absolute Gasteiger partial charge is 0.389 e. The van der Waals surface area contributed by atoms with Crippen molar-refractivity contribution in [3.8, 4) is 0 Å². The van der Waals surface area contributed by atoms with Gasteiger partial charge in [-0.3, -0.25) is 4.79 Å². The number of amides is 1. The lowest BCUT2D eigenvalue weighted by molar-refractivity contribution is -0.0261. The number of likely N-dealkylation sites (N-methyl/N-ethyl adjacent to an activating group) is 1. The number of aromatic nitrogens is 2. The van der Waals surface area contributed by atoms with Gasteiger partial charge in [0.1, 0.15) is 0 Å². The molecule has 2 aliphatic heterocycles. The number of hydrogen-bond donors (Lipinski definition) is 2. The summed E-state index contributed by atoms with van der Waals surface area (Å²) >= 11 is 0. The van der Waals surface area contributed by atoms with E-state index in [4.69, 9.17) is 4.74 Å². The summed E-state index contributed by atoms with van der Waals surface area (Å²) in [6.45, 7) is 6.34. The number of nitrogens with zero attached hydrogens (tertiary/aromatic N) is 4. The number of ether oxygens (including phenoxy) is 1. The van der Waals surface area contributed by atoms with E-state index in [0.29, 0.717) is 30.2 Å². The summed E-state index contributed by atoms with van der Waals surface area (Å²) in [6.07, 6.45) is 1.51. The minimum Gasteiger partial charge on any atom is -0.389 e. The molecule has 0 radical (unpaired) electrons. The van der Waals surface area contributed by atoms with Gasteiger partial charge in [0.2, 0.25) is 5.95 Å². The van der Waals surface area contributed by atoms with Crippen LogP contribution in [0.25, 0.3) is 0 Å². The molecule has 2 fully saturated rings. The first-order valence-corrected chi connectivity index (χ1v) is 8.38. The molecule has 0 saturated carbocycles. The highest BCUT2D eigenvalue weighted by molar-refractivity contribution is 5.95. The van der Waals surface area contributed by atoms with Gasteiger partial charge in [-0.25, -0.2) is 9.97 Å². The van der Waals surface area contributed by atoms with Gasteiger partial charge in [0.15, 0.2) is 0 Å². The quantitative estimate of drug-likeness (QED) is 0.763. The van der Waals surface area contributed by atoms with E-state index in [-0.39, 0.29) is 18.6 Å². The summed E-state index contributed by atoms with van der Waals surface area (Å²) in [5.41, 5.74) is 1.10. The average molecular weight is 335 g/mol. The second kappa shape index (κ2) is 7.42. The zero-order chi connectivity index (χ0) is 17.1. The van der Waals surface area contributed by atoms with Crippen LogP contribution in [0.1, 0.15) is 22.5 Å². The number of carbonyl (C=O) groups is 1. The maximum Gasteiger partial charge on any atom is 0.255 e. The Hall–Kier alpha value is -1.77. The molecule has 0 bridgehead atoms. The summed E-state index contributed by atoms with van der Waals surface area (Å²) < 4.78 is 5.18. The van der Waals surface area contributed by atoms with E-state index in [9.17, 15) is 9.90 Å². The summed E-state index contributed by atoms with van der Waals surface area (Å²) in [5.74, 6) is 0.423. The molecular formula is C16H25N5O3. The molecule has 1 aromatic rings. The maximum absolute atomic E-state index is 12.4. The number of aryl methyl sites for hydroxylation is 1. The Kier molecular flexibility index (Phi) is 5.27. The van der Waals surface area contributed by atoms with Crippen molar-refractivity contribution in [1.82, 2.24) is 20.2 Å². The summed E-state index contributed by atoms with van der Waals surface area (Å²) in [5, 5.41) is 12.7. The van der Waals surface area contributed by atoms with E-state index < -0.39 is 6.10 Å². The molecule has 8 heteroatoms. The molecule has 0 spiro atoms. The lowest BCUT2D eigenvalue weighted by Crippen LogP contribution is -2.49. The van der Waals surface area contributed by atoms with Crippen LogP contribution in [0, 0.1) is 6.92 Å². The van der Waals surface area contributed by atoms with E-state index in [1.807, 2.05) is 6.92 Å². The smallest absolute Gasteiger partial charge is 0.255 e. The number of aliphatic hydroxyl groups is 1. The molecule has 24 heavy (non-hydrogen) atoms. The van der Waals surface area contributed by atoms with Crippen molar-refractivity contribution in [2.45, 2.75) is 25.5 Å². The maximum atomic E-state index is 12.4. The first kappa shape index (κ1) is 17.1. The van der Waals surface area contributed by atoms with Crippen molar-refractivity contribution in [3.05, 3.63) is 17.5 Å². The van der Waals surface area contributed by atoms with Crippen molar-refractivity contribution >= 4 is 11.9 Å². The van der Waals surface area contributed by atoms with E-state index in [1.54, 1.807) is 6.20 Å². The zero-order valence-electron chi connectivity index (χ0n) is 14.2. The molecule has 3 rings (SSSR count). The van der Waals surface area contributed by atoms with Gasteiger partial charge in [-0.1, -0.05) is 0 Å². The van der Waals surface area contributed by atoms with Gasteiger partial charge in [-0.2, -0.15) is 0 Å². The lowest BCUT2D eigenvalue weighted by atomic mass is 10.1. The van der Waals surface area contributed by atoms with Crippen LogP contribution in [0.15, 0.2) is 6.20 Å². The third-order valence-corrected chi connectivity index (χ3v) is 4.64. The van der Waals surface area contributed by atoms with Gasteiger partial charge < -0.3 is 25.0 Å². The summed E-state index contributed by atoms with van der Waals surface area (Å²) in [6, 6.07) is -0.289. The minimum absolute atomic E-state index is 0.247. The van der Waals surface area contributed by atoms with Crippen LogP contribution in [0.4, 0.5) is 5.95 Å². The van der Waals surface area contributed by atoms with E-state index >= 15 is 0 Å². The predicted octanol–water partition coefficient (Wildman–Crippen LogP) is -0.584. The van der Waals surface area contributed by atoms with Crippen molar-refractivity contribution in [2.24, 2.45) is 0 Å². The molecule has 1 aromatic heterocycles. The predicted molar refractivity (Wildman–Crippen MR) is 89.2 cm³/mol. The zero-order valence-corrected chi connectivity index (χ0v) is 14.2. The standard InChI is InChI=1S/C16H25N5O3/c1-11-12(15(23)19-13-3-8-24-10-14(13)22)9-17-16(18-11)21-6-4-20(2)5-7-21/h9,13-14,22H,3-8,10H2,1-2H3,(H,19,23)/t13-,14-/m1/s1. The molecule has 2 atom stereocenters. The fraction of sp³-hybridized carbons (Fsp3) is 0.688. The number of hydrogen-bond acceptors (Lipinski definition) is 7. The molecule has 132 valence electrons. The van der Waals surface area contributed by atoms with E-state index in [1.165, 1.54) is 0 Å². The number of carbonyl (C=O) groups excluding carboxylic acids is 1. The number of aliphatic hydroxyl groups excluding tert-OH is 1. The topological polar surface area (TPSA) is 90.8 Å². The van der Waals surface area contributed by atoms with Crippen LogP contribution in [0.2, 0.25) is 0 Å². The highest BCUT2D eigenvalue weighted by atomic mass is 16.5. The Bertz CT molecular complexity index is 589. The van der Waals surface area contributed by atoms with Gasteiger partial charge >= 0.3 is 0 Å². The van der Waals surface area contributed by atoms with Gasteiger partial charge in [0.25, 0.3) is 5.91 Å². The molecule has 1 amide bonds. The Balaban J connectivity index is 1.66. The Labute approximate surface area is 141 Å². The van der Waals surface area contributed by atoms with Crippen molar-refractivity contribution in [3.63, 3.8) is 0 Å². The van der Waals surface area contributed by atoms with Crippen LogP contribution >= 0.6 is 0 Å². The van der Waals surface area contributed by atoms with Crippen LogP contribution in [0.5, 0.6) is 0 Å². The first-order valence-electron chi connectivity index (χ1n) is 8.38. The van der Waals surface area contributed by atoms with Crippen molar-refractivity contribution < 1.29 is 14.6 Å². The highest BCUT2D eigenvalue weighted by Gasteiger charge is 2.26. The summed E-state index contributed by atoms with van der Waals surface area (Å²) in [7, 11) is 2.10. The van der Waals surface area contributed by atoms with Crippen LogP contribution in [0.3, 0.4) is 0 Å². The third-order valence-electron chi connectivity index (χ3n) is 4.64. The second-order valence-electron chi connectivity index (χ2n) is 6.47. The Morgan fingerprint density at radius 3 is 2.79 bits per heavy atom. The van der Waals surface area contributed by atoms with Crippen LogP contribution < -0.4 is 10.2 Å². The van der Waals surface area contributed by atoms with Crippen molar-refractivity contribution in [2.75, 3.05) is 51.3 Å². The first-order chi connectivity index (χ1) is 11.5. The minimum atomic E-state index is -0.673. The normalized spacial score (nSPS) is 25.5. The molecule has 8 nitrogen and oxygen atoms in total. The SMILES string of the molecule is Cc1nc(N2CCN(C)CC2)ncc1C(=O)N[C@@H]1CCOC[C@H]1O. The molecule has 0 aromatic carbocycles. The van der Waals surface area contributed by atoms with Gasteiger partial charge in [-0.15, -0.1) is 0 Å². The molecule has 0 aliphatic carbocycles. The van der Waals surface area contributed by atoms with E-state index in [2.05, 4.69) is 32.1 Å². The Morgan fingerprint density at radius 2 is 2.12 bits per heavy atom. The van der Waals surface area contributed by atoms with Gasteiger partial charge in [-0.05, 0) is 20.4 Å². The fourth-order valence-corrected chi connectivity index (χ4v) is 2.97. The number of anilines is 1. The number of rotatable bonds is 3.